The molecule has 2 rings (SSSR count). The summed E-state index contributed by atoms with van der Waals surface area (Å²) in [6, 6.07) is 0. The topological polar surface area (TPSA) is 88.8 Å². The zero-order chi connectivity index (χ0) is 15.4. The van der Waals surface area contributed by atoms with Gasteiger partial charge in [-0.25, -0.2) is 4.79 Å². The summed E-state index contributed by atoms with van der Waals surface area (Å²) in [7, 11) is 0. The molecule has 0 saturated carbocycles. The lowest BCUT2D eigenvalue weighted by molar-refractivity contribution is -0.147. The van der Waals surface area contributed by atoms with Gasteiger partial charge in [0.05, 0.1) is 6.10 Å². The average molecular weight is 314 g/mol. The summed E-state index contributed by atoms with van der Waals surface area (Å²) in [5.41, 5.74) is 0.790. The van der Waals surface area contributed by atoms with E-state index < -0.39 is 5.97 Å². The number of carbonyl (C=O) groups excluding carboxylic acids is 1. The molecule has 1 N–H and O–H groups in total. The van der Waals surface area contributed by atoms with E-state index in [0.717, 1.165) is 17.0 Å². The fourth-order valence-corrected chi connectivity index (χ4v) is 3.03. The number of likely N-dealkylation sites (tertiary alicyclic amines) is 1. The number of nitrogens with zero attached hydrogens (tertiary/aromatic N) is 2. The van der Waals surface area contributed by atoms with Crippen molar-refractivity contribution < 1.29 is 19.4 Å². The summed E-state index contributed by atoms with van der Waals surface area (Å²) in [4.78, 5) is 35.8. The zero-order valence-corrected chi connectivity index (χ0v) is 12.6. The first-order valence-corrected chi connectivity index (χ1v) is 7.61. The molecule has 2 heterocycles. The summed E-state index contributed by atoms with van der Waals surface area (Å²) in [6.07, 6.45) is 1.13. The Hall–Kier alpha value is -1.67. The highest BCUT2D eigenvalue weighted by atomic mass is 32.1. The summed E-state index contributed by atoms with van der Waals surface area (Å²) in [5.74, 6) is -1.07. The van der Waals surface area contributed by atoms with Crippen LogP contribution in [0.3, 0.4) is 0 Å². The first-order chi connectivity index (χ1) is 9.97. The van der Waals surface area contributed by atoms with Crippen LogP contribution in [-0.2, 0) is 20.9 Å². The zero-order valence-electron chi connectivity index (χ0n) is 11.8. The van der Waals surface area contributed by atoms with E-state index in [1.54, 1.807) is 17.2 Å². The fraction of sp³-hybridized carbons (Fsp3) is 0.615. The van der Waals surface area contributed by atoms with Gasteiger partial charge < -0.3 is 14.7 Å². The van der Waals surface area contributed by atoms with Crippen LogP contribution < -0.4 is 4.87 Å². The van der Waals surface area contributed by atoms with Gasteiger partial charge in [0.2, 0.25) is 5.91 Å². The van der Waals surface area contributed by atoms with Crippen molar-refractivity contribution in [2.75, 3.05) is 19.7 Å². The van der Waals surface area contributed by atoms with Crippen LogP contribution in [0.2, 0.25) is 0 Å². The van der Waals surface area contributed by atoms with Gasteiger partial charge in [0.1, 0.15) is 13.2 Å². The van der Waals surface area contributed by atoms with E-state index in [1.165, 1.54) is 4.57 Å². The van der Waals surface area contributed by atoms with Crippen molar-refractivity contribution in [3.05, 3.63) is 20.7 Å². The molecule has 1 saturated heterocycles. The minimum absolute atomic E-state index is 0.0643. The number of hydrogen-bond donors (Lipinski definition) is 1. The third-order valence-corrected chi connectivity index (χ3v) is 4.39. The Labute approximate surface area is 125 Å². The Morgan fingerprint density at radius 1 is 1.43 bits per heavy atom. The molecule has 0 atom stereocenters. The third kappa shape index (κ3) is 4.15. The molecule has 21 heavy (non-hydrogen) atoms. The molecule has 1 fully saturated rings. The first kappa shape index (κ1) is 15.7. The number of piperidine rings is 1. The minimum Gasteiger partial charge on any atom is -0.480 e. The Morgan fingerprint density at radius 3 is 2.62 bits per heavy atom. The standard InChI is InChI=1S/C13H18N2O5S/c1-9-8-21-13(19)15(9)6-11(16)14-4-2-10(3-5-14)20-7-12(17)18/h8,10H,2-7H2,1H3,(H,17,18). The summed E-state index contributed by atoms with van der Waals surface area (Å²) in [6.45, 7) is 2.62. The molecule has 0 aromatic carbocycles. The quantitative estimate of drug-likeness (QED) is 0.845. The molecule has 0 radical (unpaired) electrons. The number of aromatic nitrogens is 1. The van der Waals surface area contributed by atoms with Gasteiger partial charge in [0, 0.05) is 24.2 Å². The number of aliphatic carboxylic acids is 1. The molecule has 7 nitrogen and oxygen atoms in total. The van der Waals surface area contributed by atoms with Crippen LogP contribution in [-0.4, -0.2) is 52.3 Å². The molecular weight excluding hydrogens is 296 g/mol. The molecule has 1 aromatic rings. The second kappa shape index (κ2) is 6.86. The van der Waals surface area contributed by atoms with Crippen molar-refractivity contribution >= 4 is 23.2 Å². The van der Waals surface area contributed by atoms with Gasteiger partial charge in [-0.1, -0.05) is 11.3 Å². The molecule has 1 aliphatic heterocycles. The second-order valence-electron chi connectivity index (χ2n) is 5.01. The van der Waals surface area contributed by atoms with Crippen LogP contribution in [0, 0.1) is 6.92 Å². The normalized spacial score (nSPS) is 16.1. The van der Waals surface area contributed by atoms with Crippen LogP contribution in [0.15, 0.2) is 10.2 Å². The SMILES string of the molecule is Cc1csc(=O)n1CC(=O)N1CCC(OCC(=O)O)CC1. The lowest BCUT2D eigenvalue weighted by Crippen LogP contribution is -2.43. The number of carboxylic acids is 1. The van der Waals surface area contributed by atoms with Crippen molar-refractivity contribution in [2.24, 2.45) is 0 Å². The molecule has 1 amide bonds. The smallest absolute Gasteiger partial charge is 0.329 e. The van der Waals surface area contributed by atoms with E-state index >= 15 is 0 Å². The molecule has 0 spiro atoms. The molecule has 1 aliphatic rings. The molecule has 0 bridgehead atoms. The number of carbonyl (C=O) groups is 2. The maximum absolute atomic E-state index is 12.2. The van der Waals surface area contributed by atoms with E-state index in [4.69, 9.17) is 9.84 Å². The summed E-state index contributed by atoms with van der Waals surface area (Å²) in [5, 5.41) is 10.3. The lowest BCUT2D eigenvalue weighted by Gasteiger charge is -2.31. The third-order valence-electron chi connectivity index (χ3n) is 3.51. The molecule has 1 aromatic heterocycles. The van der Waals surface area contributed by atoms with Crippen LogP contribution >= 0.6 is 11.3 Å². The molecule has 0 aliphatic carbocycles. The number of ether oxygens (including phenoxy) is 1. The number of aryl methyl sites for hydroxylation is 1. The Bertz CT molecular complexity index is 571. The summed E-state index contributed by atoms with van der Waals surface area (Å²) < 4.78 is 6.70. The highest BCUT2D eigenvalue weighted by molar-refractivity contribution is 7.07. The molecule has 116 valence electrons. The van der Waals surface area contributed by atoms with E-state index in [9.17, 15) is 14.4 Å². The van der Waals surface area contributed by atoms with Gasteiger partial charge in [-0.2, -0.15) is 0 Å². The predicted molar refractivity (Wildman–Crippen MR) is 76.5 cm³/mol. The average Bonchev–Trinajstić information content (AvgIpc) is 2.77. The van der Waals surface area contributed by atoms with Gasteiger partial charge in [-0.3, -0.25) is 14.2 Å². The number of carboxylic acid groups (broad SMARTS) is 1. The number of amides is 1. The number of hydrogen-bond acceptors (Lipinski definition) is 5. The minimum atomic E-state index is -0.985. The van der Waals surface area contributed by atoms with Gasteiger partial charge in [-0.15, -0.1) is 0 Å². The monoisotopic (exact) mass is 314 g/mol. The van der Waals surface area contributed by atoms with E-state index in [-0.39, 0.29) is 30.0 Å². The van der Waals surface area contributed by atoms with Crippen molar-refractivity contribution in [3.63, 3.8) is 0 Å². The highest BCUT2D eigenvalue weighted by Crippen LogP contribution is 2.14. The lowest BCUT2D eigenvalue weighted by atomic mass is 10.1. The van der Waals surface area contributed by atoms with Crippen LogP contribution in [0.5, 0.6) is 0 Å². The van der Waals surface area contributed by atoms with Crippen LogP contribution in [0.4, 0.5) is 0 Å². The van der Waals surface area contributed by atoms with Crippen molar-refractivity contribution in [1.82, 2.24) is 9.47 Å². The largest absolute Gasteiger partial charge is 0.480 e. The van der Waals surface area contributed by atoms with Gasteiger partial charge in [0.15, 0.2) is 0 Å². The molecular formula is C13H18N2O5S. The number of rotatable bonds is 5. The van der Waals surface area contributed by atoms with Crippen LogP contribution in [0.25, 0.3) is 0 Å². The van der Waals surface area contributed by atoms with Gasteiger partial charge in [0.25, 0.3) is 0 Å². The Morgan fingerprint density at radius 2 is 2.10 bits per heavy atom. The van der Waals surface area contributed by atoms with Crippen molar-refractivity contribution in [2.45, 2.75) is 32.4 Å². The maximum Gasteiger partial charge on any atom is 0.329 e. The summed E-state index contributed by atoms with van der Waals surface area (Å²) >= 11 is 1.09. The first-order valence-electron chi connectivity index (χ1n) is 6.73. The Balaban J connectivity index is 1.83. The van der Waals surface area contributed by atoms with E-state index in [0.29, 0.717) is 25.9 Å². The van der Waals surface area contributed by atoms with E-state index in [2.05, 4.69) is 0 Å². The van der Waals surface area contributed by atoms with Crippen LogP contribution in [0.1, 0.15) is 18.5 Å². The van der Waals surface area contributed by atoms with Gasteiger partial charge in [-0.05, 0) is 19.8 Å². The maximum atomic E-state index is 12.2. The van der Waals surface area contributed by atoms with Gasteiger partial charge >= 0.3 is 10.8 Å². The second-order valence-corrected chi connectivity index (χ2v) is 5.83. The fourth-order valence-electron chi connectivity index (χ4n) is 2.29. The highest BCUT2D eigenvalue weighted by Gasteiger charge is 2.24. The Kier molecular flexibility index (Phi) is 5.13. The number of thiazole rings is 1. The predicted octanol–water partition coefficient (Wildman–Crippen LogP) is 0.310. The van der Waals surface area contributed by atoms with Crippen molar-refractivity contribution in [3.8, 4) is 0 Å². The molecule has 8 heteroatoms. The van der Waals surface area contributed by atoms with Crippen molar-refractivity contribution in [1.29, 1.82) is 0 Å². The molecule has 0 unspecified atom stereocenters. The van der Waals surface area contributed by atoms with E-state index in [1.807, 2.05) is 0 Å².